The fraction of sp³-hybridized carbons (Fsp3) is 0.500. The molecule has 2 aliphatic carbocycles. The van der Waals surface area contributed by atoms with Crippen LogP contribution in [0, 0.1) is 61.3 Å². The quantitative estimate of drug-likeness (QED) is 0.162. The predicted octanol–water partition coefficient (Wildman–Crippen LogP) is 9.20. The number of rotatable bonds is 8. The molecule has 296 valence electrons. The number of nitrogens with one attached hydrogen (secondary N) is 1. The summed E-state index contributed by atoms with van der Waals surface area (Å²) in [5.41, 5.74) is -0.405. The minimum Gasteiger partial charge on any atom is -0.460 e. The Bertz CT molecular complexity index is 1840. The number of benzene rings is 2. The Labute approximate surface area is 313 Å². The lowest BCUT2D eigenvalue weighted by atomic mass is 9.79. The zero-order valence-corrected chi connectivity index (χ0v) is 31.4. The molecule has 1 amide bonds. The van der Waals surface area contributed by atoms with E-state index in [0.717, 1.165) is 36.5 Å². The molecule has 2 fully saturated rings. The standard InChI is InChI=1S/C21H27NO5.C17H14ClF7O2/c1-5-26-20(24)27-18-17(16-12-13(2)6-7-14(16)3)19(23)22-21(18)10-8-15(25-4)9-11-21;1-6-11(19)13(21)7(14(22)12(6)20)5-27-15(26)10-8(16(10,2)3)4-9(18)17(23,24)25/h6-7,12,15H,5,8-11H2,1-4H3,(H,22,23);4,8,10H,5H2,1-3H3/b;9-4-. The normalized spacial score (nSPS) is 20.6. The van der Waals surface area contributed by atoms with Crippen molar-refractivity contribution in [1.82, 2.24) is 5.32 Å². The summed E-state index contributed by atoms with van der Waals surface area (Å²) in [6.45, 7) is 8.54. The molecule has 8 nitrogen and oxygen atoms in total. The number of halogens is 8. The molecule has 5 rings (SSSR count). The number of carbonyl (C=O) groups excluding carboxylic acids is 3. The maximum Gasteiger partial charge on any atom is 0.513 e. The summed E-state index contributed by atoms with van der Waals surface area (Å²) in [4.78, 5) is 37.2. The van der Waals surface area contributed by atoms with Crippen LogP contribution in [0.3, 0.4) is 0 Å². The van der Waals surface area contributed by atoms with Gasteiger partial charge in [0.25, 0.3) is 5.91 Å². The number of alkyl halides is 3. The van der Waals surface area contributed by atoms with Crippen LogP contribution in [0.2, 0.25) is 0 Å². The first kappa shape index (κ1) is 42.6. The fourth-order valence-electron chi connectivity index (χ4n) is 6.82. The summed E-state index contributed by atoms with van der Waals surface area (Å²) < 4.78 is 113. The zero-order valence-electron chi connectivity index (χ0n) is 30.7. The van der Waals surface area contributed by atoms with E-state index in [-0.39, 0.29) is 18.6 Å². The highest BCUT2D eigenvalue weighted by molar-refractivity contribution is 6.30. The lowest BCUT2D eigenvalue weighted by Gasteiger charge is -2.37. The molecule has 1 N–H and O–H groups in total. The maximum atomic E-state index is 13.8. The number of aryl methyl sites for hydroxylation is 2. The van der Waals surface area contributed by atoms with Crippen molar-refractivity contribution in [2.24, 2.45) is 17.3 Å². The lowest BCUT2D eigenvalue weighted by Crippen LogP contribution is -2.49. The van der Waals surface area contributed by atoms with Gasteiger partial charge in [0.15, 0.2) is 23.3 Å². The van der Waals surface area contributed by atoms with Crippen LogP contribution in [-0.4, -0.2) is 49.6 Å². The minimum absolute atomic E-state index is 0.154. The molecule has 0 saturated heterocycles. The van der Waals surface area contributed by atoms with Crippen molar-refractivity contribution < 1.29 is 64.1 Å². The molecule has 1 heterocycles. The highest BCUT2D eigenvalue weighted by Crippen LogP contribution is 2.60. The van der Waals surface area contributed by atoms with E-state index >= 15 is 0 Å². The van der Waals surface area contributed by atoms with Crippen molar-refractivity contribution in [2.45, 2.75) is 91.7 Å². The summed E-state index contributed by atoms with van der Waals surface area (Å²) >= 11 is 5.15. The number of esters is 1. The molecular weight excluding hydrogens is 751 g/mol. The largest absolute Gasteiger partial charge is 0.513 e. The number of ether oxygens (including phenoxy) is 4. The first-order valence-corrected chi connectivity index (χ1v) is 17.4. The van der Waals surface area contributed by atoms with Crippen molar-refractivity contribution >= 4 is 35.2 Å². The van der Waals surface area contributed by atoms with Crippen molar-refractivity contribution in [1.29, 1.82) is 0 Å². The van der Waals surface area contributed by atoms with Crippen LogP contribution in [0.15, 0.2) is 35.1 Å². The van der Waals surface area contributed by atoms with Crippen LogP contribution in [-0.2, 0) is 35.1 Å². The van der Waals surface area contributed by atoms with Gasteiger partial charge < -0.3 is 24.3 Å². The second kappa shape index (κ2) is 16.3. The van der Waals surface area contributed by atoms with Gasteiger partial charge in [-0.05, 0) is 75.8 Å². The van der Waals surface area contributed by atoms with Crippen LogP contribution in [0.25, 0.3) is 5.57 Å². The molecule has 1 spiro atoms. The molecule has 0 bridgehead atoms. The summed E-state index contributed by atoms with van der Waals surface area (Å²) in [5.74, 6) is -9.51. The van der Waals surface area contributed by atoms with E-state index in [1.165, 1.54) is 13.8 Å². The van der Waals surface area contributed by atoms with Crippen LogP contribution in [0.1, 0.15) is 74.3 Å². The summed E-state index contributed by atoms with van der Waals surface area (Å²) in [5, 5.41) is 1.70. The smallest absolute Gasteiger partial charge is 0.460 e. The monoisotopic (exact) mass is 791 g/mol. The van der Waals surface area contributed by atoms with Crippen molar-refractivity contribution in [3.8, 4) is 0 Å². The van der Waals surface area contributed by atoms with Gasteiger partial charge in [-0.1, -0.05) is 55.3 Å². The topological polar surface area (TPSA) is 100 Å². The number of methoxy groups -OCH3 is 1. The Kier molecular flexibility index (Phi) is 12.9. The average Bonchev–Trinajstić information content (AvgIpc) is 3.55. The van der Waals surface area contributed by atoms with E-state index in [0.29, 0.717) is 30.2 Å². The Morgan fingerprint density at radius 1 is 0.981 bits per heavy atom. The Hall–Kier alpha value is -4.11. The van der Waals surface area contributed by atoms with E-state index in [9.17, 15) is 45.1 Å². The molecular formula is C38H41ClF7NO7. The third-order valence-corrected chi connectivity index (χ3v) is 10.5. The van der Waals surface area contributed by atoms with Gasteiger partial charge in [0.1, 0.15) is 17.4 Å². The molecule has 54 heavy (non-hydrogen) atoms. The Morgan fingerprint density at radius 2 is 1.57 bits per heavy atom. The van der Waals surface area contributed by atoms with Crippen molar-refractivity contribution in [3.63, 3.8) is 0 Å². The zero-order chi connectivity index (χ0) is 40.5. The van der Waals surface area contributed by atoms with E-state index in [2.05, 4.69) is 5.32 Å². The molecule has 2 atom stereocenters. The molecule has 2 unspecified atom stereocenters. The Morgan fingerprint density at radius 3 is 2.11 bits per heavy atom. The average molecular weight is 792 g/mol. The highest BCUT2D eigenvalue weighted by atomic mass is 35.5. The number of amides is 1. The summed E-state index contributed by atoms with van der Waals surface area (Å²) in [6.07, 6.45) is -1.86. The van der Waals surface area contributed by atoms with Crippen molar-refractivity contribution in [3.05, 3.63) is 86.2 Å². The van der Waals surface area contributed by atoms with Crippen LogP contribution >= 0.6 is 11.6 Å². The Balaban J connectivity index is 0.000000241. The second-order valence-corrected chi connectivity index (χ2v) is 14.5. The van der Waals surface area contributed by atoms with Gasteiger partial charge in [-0.25, -0.2) is 22.4 Å². The minimum atomic E-state index is -4.78. The maximum absolute atomic E-state index is 13.8. The molecule has 16 heteroatoms. The van der Waals surface area contributed by atoms with Gasteiger partial charge in [0.2, 0.25) is 0 Å². The third-order valence-electron chi connectivity index (χ3n) is 10.2. The van der Waals surface area contributed by atoms with Crippen LogP contribution in [0.4, 0.5) is 35.5 Å². The fourth-order valence-corrected chi connectivity index (χ4v) is 6.95. The van der Waals surface area contributed by atoms with E-state index in [1.807, 2.05) is 32.0 Å². The van der Waals surface area contributed by atoms with Gasteiger partial charge in [-0.15, -0.1) is 0 Å². The van der Waals surface area contributed by atoms with Gasteiger partial charge in [-0.3, -0.25) is 9.59 Å². The van der Waals surface area contributed by atoms with Gasteiger partial charge in [0, 0.05) is 12.7 Å². The number of hydrogen-bond acceptors (Lipinski definition) is 7. The second-order valence-electron chi connectivity index (χ2n) is 14.1. The molecule has 0 radical (unpaired) electrons. The molecule has 0 aromatic heterocycles. The van der Waals surface area contributed by atoms with Gasteiger partial charge >= 0.3 is 18.3 Å². The molecule has 3 aliphatic rings. The first-order valence-electron chi connectivity index (χ1n) is 17.1. The molecule has 2 aromatic carbocycles. The highest BCUT2D eigenvalue weighted by Gasteiger charge is 2.62. The number of carbonyl (C=O) groups is 3. The third kappa shape index (κ3) is 8.72. The molecule has 2 saturated carbocycles. The lowest BCUT2D eigenvalue weighted by molar-refractivity contribution is -0.147. The van der Waals surface area contributed by atoms with E-state index in [1.54, 1.807) is 14.0 Å². The van der Waals surface area contributed by atoms with E-state index in [4.69, 9.17) is 30.5 Å². The predicted molar refractivity (Wildman–Crippen MR) is 183 cm³/mol. The van der Waals surface area contributed by atoms with Gasteiger partial charge in [-0.2, -0.15) is 13.2 Å². The van der Waals surface area contributed by atoms with Crippen LogP contribution in [0.5, 0.6) is 0 Å². The SMILES string of the molecule is CCOC(=O)OC1=C(c2cc(C)ccc2C)C(=O)NC12CCC(OC)CC2.Cc1c(F)c(F)c(COC(=O)C2C(/C=C(\Cl)C(F)(F)F)C2(C)C)c(F)c1F. The molecule has 1 aliphatic heterocycles. The number of allylic oxidation sites excluding steroid dienone is 2. The number of hydrogen-bond donors (Lipinski definition) is 1. The first-order chi connectivity index (χ1) is 25.1. The van der Waals surface area contributed by atoms with Gasteiger partial charge in [0.05, 0.1) is 35.3 Å². The molecule has 2 aromatic rings. The van der Waals surface area contributed by atoms with Crippen molar-refractivity contribution in [2.75, 3.05) is 13.7 Å². The summed E-state index contributed by atoms with van der Waals surface area (Å²) in [6, 6.07) is 5.93. The summed E-state index contributed by atoms with van der Waals surface area (Å²) in [7, 11) is 1.70. The van der Waals surface area contributed by atoms with Crippen LogP contribution < -0.4 is 5.32 Å². The van der Waals surface area contributed by atoms with E-state index < -0.39 is 87.1 Å².